The molecule has 0 saturated heterocycles. The van der Waals surface area contributed by atoms with E-state index in [1.807, 2.05) is 0 Å². The number of carboxylic acid groups (broad SMARTS) is 1. The molecule has 1 aromatic rings. The predicted octanol–water partition coefficient (Wildman–Crippen LogP) is 2.26. The zero-order valence-corrected chi connectivity index (χ0v) is 10.3. The number of benzene rings is 1. The van der Waals surface area contributed by atoms with Crippen molar-refractivity contribution in [3.8, 4) is 0 Å². The van der Waals surface area contributed by atoms with Gasteiger partial charge in [-0.3, -0.25) is 19.7 Å². The van der Waals surface area contributed by atoms with Crippen molar-refractivity contribution in [2.45, 2.75) is 6.42 Å². The molecule has 0 radical (unpaired) electrons. The maximum absolute atomic E-state index is 10.9. The van der Waals surface area contributed by atoms with Crippen LogP contribution in [0.15, 0.2) is 18.2 Å². The van der Waals surface area contributed by atoms with Crippen LogP contribution >= 0.6 is 23.2 Å². The zero-order valence-electron chi connectivity index (χ0n) is 8.80. The van der Waals surface area contributed by atoms with E-state index in [9.17, 15) is 19.7 Å². The monoisotopic (exact) mass is 291 g/mol. The molecule has 0 spiro atoms. The summed E-state index contributed by atoms with van der Waals surface area (Å²) in [5, 5.41) is 18.5. The van der Waals surface area contributed by atoms with Gasteiger partial charge in [0.1, 0.15) is 5.92 Å². The molecule has 1 atom stereocenters. The SMILES string of the molecule is O=C(O)C(Cc1cc([N+](=O)[O-])ccc1Cl)C(=O)Cl. The van der Waals surface area contributed by atoms with Crippen LogP contribution in [0.1, 0.15) is 5.56 Å². The molecule has 1 unspecified atom stereocenters. The molecule has 0 aliphatic rings. The lowest BCUT2D eigenvalue weighted by molar-refractivity contribution is -0.384. The van der Waals surface area contributed by atoms with E-state index in [-0.39, 0.29) is 22.7 Å². The quantitative estimate of drug-likeness (QED) is 0.388. The minimum absolute atomic E-state index is 0.143. The van der Waals surface area contributed by atoms with Crippen LogP contribution in [0.2, 0.25) is 5.02 Å². The van der Waals surface area contributed by atoms with Gasteiger partial charge in [-0.25, -0.2) is 0 Å². The zero-order chi connectivity index (χ0) is 13.9. The van der Waals surface area contributed by atoms with E-state index in [0.29, 0.717) is 0 Å². The average molecular weight is 292 g/mol. The molecule has 1 N–H and O–H groups in total. The highest BCUT2D eigenvalue weighted by Crippen LogP contribution is 2.25. The third-order valence-electron chi connectivity index (χ3n) is 2.24. The molecule has 0 saturated carbocycles. The molecule has 1 rings (SSSR count). The Kier molecular flexibility index (Phi) is 4.63. The van der Waals surface area contributed by atoms with E-state index in [4.69, 9.17) is 28.3 Å². The largest absolute Gasteiger partial charge is 0.481 e. The minimum Gasteiger partial charge on any atom is -0.481 e. The number of halogens is 2. The van der Waals surface area contributed by atoms with Gasteiger partial charge >= 0.3 is 5.97 Å². The maximum atomic E-state index is 10.9. The van der Waals surface area contributed by atoms with Gasteiger partial charge in [0, 0.05) is 17.2 Å². The van der Waals surface area contributed by atoms with Crippen LogP contribution in [0.3, 0.4) is 0 Å². The topological polar surface area (TPSA) is 97.5 Å². The highest BCUT2D eigenvalue weighted by atomic mass is 35.5. The smallest absolute Gasteiger partial charge is 0.315 e. The Labute approximate surface area is 111 Å². The summed E-state index contributed by atoms with van der Waals surface area (Å²) in [7, 11) is 0. The number of nitro benzene ring substituents is 1. The fraction of sp³-hybridized carbons (Fsp3) is 0.200. The lowest BCUT2D eigenvalue weighted by Gasteiger charge is -2.08. The number of non-ortho nitro benzene ring substituents is 1. The van der Waals surface area contributed by atoms with Gasteiger partial charge in [-0.05, 0) is 29.7 Å². The fourth-order valence-electron chi connectivity index (χ4n) is 1.32. The number of nitro groups is 1. The molecule has 0 amide bonds. The highest BCUT2D eigenvalue weighted by Gasteiger charge is 2.26. The van der Waals surface area contributed by atoms with Crippen molar-refractivity contribution < 1.29 is 19.6 Å². The summed E-state index contributed by atoms with van der Waals surface area (Å²) >= 11 is 10.9. The summed E-state index contributed by atoms with van der Waals surface area (Å²) < 4.78 is 0. The van der Waals surface area contributed by atoms with E-state index in [0.717, 1.165) is 6.07 Å². The lowest BCUT2D eigenvalue weighted by atomic mass is 10.00. The Morgan fingerprint density at radius 3 is 2.50 bits per heavy atom. The van der Waals surface area contributed by atoms with Crippen LogP contribution in [0.4, 0.5) is 5.69 Å². The van der Waals surface area contributed by atoms with E-state index in [1.165, 1.54) is 12.1 Å². The number of carbonyl (C=O) groups excluding carboxylic acids is 1. The standard InChI is InChI=1S/C10H7Cl2NO5/c11-8-2-1-6(13(17)18)3-5(8)4-7(9(12)14)10(15)16/h1-3,7H,4H2,(H,15,16). The van der Waals surface area contributed by atoms with Crippen LogP contribution in [-0.4, -0.2) is 21.2 Å². The number of hydrogen-bond donors (Lipinski definition) is 1. The van der Waals surface area contributed by atoms with Gasteiger partial charge in [0.15, 0.2) is 0 Å². The molecule has 0 aliphatic carbocycles. The van der Waals surface area contributed by atoms with Crippen molar-refractivity contribution in [1.29, 1.82) is 0 Å². The Balaban J connectivity index is 3.09. The first kappa shape index (κ1) is 14.4. The molecule has 18 heavy (non-hydrogen) atoms. The Morgan fingerprint density at radius 2 is 2.06 bits per heavy atom. The van der Waals surface area contributed by atoms with E-state index < -0.39 is 22.1 Å². The predicted molar refractivity (Wildman–Crippen MR) is 63.8 cm³/mol. The number of aliphatic carboxylic acids is 1. The van der Waals surface area contributed by atoms with Crippen LogP contribution in [0.25, 0.3) is 0 Å². The molecule has 0 aliphatic heterocycles. The van der Waals surface area contributed by atoms with Gasteiger partial charge in [0.25, 0.3) is 5.69 Å². The summed E-state index contributed by atoms with van der Waals surface area (Å²) in [6, 6.07) is 3.58. The first-order valence-electron chi connectivity index (χ1n) is 4.68. The van der Waals surface area contributed by atoms with Crippen molar-refractivity contribution in [1.82, 2.24) is 0 Å². The number of carbonyl (C=O) groups is 2. The van der Waals surface area contributed by atoms with Crippen LogP contribution in [0, 0.1) is 16.0 Å². The Morgan fingerprint density at radius 1 is 1.44 bits per heavy atom. The molecule has 1 aromatic carbocycles. The molecule has 6 nitrogen and oxygen atoms in total. The van der Waals surface area contributed by atoms with E-state index in [1.54, 1.807) is 0 Å². The normalized spacial score (nSPS) is 11.9. The summed E-state index contributed by atoms with van der Waals surface area (Å²) in [5.41, 5.74) is -0.0483. The lowest BCUT2D eigenvalue weighted by Crippen LogP contribution is -2.22. The van der Waals surface area contributed by atoms with Crippen LogP contribution in [0.5, 0.6) is 0 Å². The second-order valence-electron chi connectivity index (χ2n) is 3.43. The second-order valence-corrected chi connectivity index (χ2v) is 4.21. The Bertz CT molecular complexity index is 503. The maximum Gasteiger partial charge on any atom is 0.315 e. The van der Waals surface area contributed by atoms with E-state index in [2.05, 4.69) is 0 Å². The Hall–Kier alpha value is -1.66. The summed E-state index contributed by atoms with van der Waals surface area (Å²) in [5.74, 6) is -2.89. The highest BCUT2D eigenvalue weighted by molar-refractivity contribution is 6.65. The van der Waals surface area contributed by atoms with Gasteiger partial charge in [0.2, 0.25) is 5.24 Å². The van der Waals surface area contributed by atoms with Crippen molar-refractivity contribution in [3.63, 3.8) is 0 Å². The summed E-state index contributed by atoms with van der Waals surface area (Å²) in [4.78, 5) is 31.7. The number of carboxylic acids is 1. The van der Waals surface area contributed by atoms with Crippen LogP contribution < -0.4 is 0 Å². The van der Waals surface area contributed by atoms with Crippen molar-refractivity contribution in [3.05, 3.63) is 38.9 Å². The number of rotatable bonds is 5. The van der Waals surface area contributed by atoms with Gasteiger partial charge < -0.3 is 5.11 Å². The van der Waals surface area contributed by atoms with E-state index >= 15 is 0 Å². The van der Waals surface area contributed by atoms with Crippen molar-refractivity contribution >= 4 is 40.1 Å². The molecule has 0 heterocycles. The molecule has 8 heteroatoms. The van der Waals surface area contributed by atoms with Gasteiger partial charge in [-0.1, -0.05) is 11.6 Å². The second kappa shape index (κ2) is 5.79. The van der Waals surface area contributed by atoms with Gasteiger partial charge in [-0.15, -0.1) is 0 Å². The average Bonchev–Trinajstić information content (AvgIpc) is 2.26. The molecule has 0 aromatic heterocycles. The van der Waals surface area contributed by atoms with Crippen molar-refractivity contribution in [2.75, 3.05) is 0 Å². The van der Waals surface area contributed by atoms with Crippen LogP contribution in [-0.2, 0) is 16.0 Å². The number of hydrogen-bond acceptors (Lipinski definition) is 4. The first-order chi connectivity index (χ1) is 8.32. The number of nitrogens with zero attached hydrogens (tertiary/aromatic N) is 1. The summed E-state index contributed by atoms with van der Waals surface area (Å²) in [6.07, 6.45) is -0.293. The molecule has 0 bridgehead atoms. The third-order valence-corrected chi connectivity index (χ3v) is 2.87. The molecular formula is C10H7Cl2NO5. The fourth-order valence-corrected chi connectivity index (χ4v) is 1.68. The molecule has 96 valence electrons. The third kappa shape index (κ3) is 3.41. The van der Waals surface area contributed by atoms with Gasteiger partial charge in [0.05, 0.1) is 4.92 Å². The minimum atomic E-state index is -1.48. The summed E-state index contributed by atoms with van der Waals surface area (Å²) in [6.45, 7) is 0. The van der Waals surface area contributed by atoms with Crippen molar-refractivity contribution in [2.24, 2.45) is 5.92 Å². The van der Waals surface area contributed by atoms with Gasteiger partial charge in [-0.2, -0.15) is 0 Å². The molecule has 0 fully saturated rings. The molecular weight excluding hydrogens is 285 g/mol. The first-order valence-corrected chi connectivity index (χ1v) is 5.43.